The molecule has 0 spiro atoms. The van der Waals surface area contributed by atoms with Crippen molar-refractivity contribution >= 4 is 39.8 Å². The van der Waals surface area contributed by atoms with Gasteiger partial charge in [0.05, 0.1) is 21.7 Å². The highest BCUT2D eigenvalue weighted by molar-refractivity contribution is 6.33. The molecule has 8 heteroatoms. The van der Waals surface area contributed by atoms with Crippen molar-refractivity contribution in [3.8, 4) is 0 Å². The molecule has 0 saturated heterocycles. The first-order chi connectivity index (χ1) is 10.7. The first kappa shape index (κ1) is 12.9. The van der Waals surface area contributed by atoms with Crippen LogP contribution in [0.25, 0.3) is 16.7 Å². The molecule has 2 heterocycles. The van der Waals surface area contributed by atoms with Gasteiger partial charge >= 0.3 is 0 Å². The fourth-order valence-electron chi connectivity index (χ4n) is 2.21. The SMILES string of the molecule is Fc1ccc(Nc2nc3ccccc3n3nnnc23)c(Cl)c1. The van der Waals surface area contributed by atoms with Gasteiger partial charge < -0.3 is 5.32 Å². The summed E-state index contributed by atoms with van der Waals surface area (Å²) in [4.78, 5) is 4.51. The van der Waals surface area contributed by atoms with E-state index >= 15 is 0 Å². The van der Waals surface area contributed by atoms with Crippen LogP contribution >= 0.6 is 11.6 Å². The summed E-state index contributed by atoms with van der Waals surface area (Å²) in [5, 5.41) is 14.9. The van der Waals surface area contributed by atoms with Gasteiger partial charge in [-0.15, -0.1) is 5.10 Å². The fraction of sp³-hybridized carbons (Fsp3) is 0. The van der Waals surface area contributed by atoms with Gasteiger partial charge in [0.15, 0.2) is 5.82 Å². The minimum atomic E-state index is -0.406. The van der Waals surface area contributed by atoms with Crippen LogP contribution in [0.2, 0.25) is 5.02 Å². The van der Waals surface area contributed by atoms with Crippen LogP contribution in [0.3, 0.4) is 0 Å². The lowest BCUT2D eigenvalue weighted by Gasteiger charge is -2.09. The van der Waals surface area contributed by atoms with Crippen LogP contribution in [-0.4, -0.2) is 25.0 Å². The number of para-hydroxylation sites is 2. The van der Waals surface area contributed by atoms with E-state index in [0.29, 0.717) is 17.2 Å². The summed E-state index contributed by atoms with van der Waals surface area (Å²) in [6.07, 6.45) is 0. The predicted octanol–water partition coefficient (Wildman–Crippen LogP) is 3.21. The summed E-state index contributed by atoms with van der Waals surface area (Å²) < 4.78 is 14.7. The molecule has 2 aromatic carbocycles. The van der Waals surface area contributed by atoms with Gasteiger partial charge in [0.2, 0.25) is 5.65 Å². The summed E-state index contributed by atoms with van der Waals surface area (Å²) in [7, 11) is 0. The third-order valence-corrected chi connectivity index (χ3v) is 3.52. The van der Waals surface area contributed by atoms with E-state index < -0.39 is 5.82 Å². The van der Waals surface area contributed by atoms with Gasteiger partial charge in [-0.1, -0.05) is 23.7 Å². The number of anilines is 2. The van der Waals surface area contributed by atoms with Crippen molar-refractivity contribution in [1.29, 1.82) is 0 Å². The standard InChI is InChI=1S/C14H8ClFN6/c15-9-7-8(16)5-6-10(9)17-13-14-19-20-21-22(14)12-4-2-1-3-11(12)18-13/h1-7H,(H,17,18). The molecule has 4 rings (SSSR count). The van der Waals surface area contributed by atoms with Crippen LogP contribution in [0, 0.1) is 5.82 Å². The zero-order valence-electron chi connectivity index (χ0n) is 11.0. The first-order valence-electron chi connectivity index (χ1n) is 6.41. The zero-order valence-corrected chi connectivity index (χ0v) is 11.8. The van der Waals surface area contributed by atoms with Gasteiger partial charge in [-0.2, -0.15) is 4.52 Å². The predicted molar refractivity (Wildman–Crippen MR) is 80.8 cm³/mol. The quantitative estimate of drug-likeness (QED) is 0.615. The van der Waals surface area contributed by atoms with Crippen molar-refractivity contribution in [2.75, 3.05) is 5.32 Å². The summed E-state index contributed by atoms with van der Waals surface area (Å²) in [5.41, 5.74) is 2.50. The van der Waals surface area contributed by atoms with Crippen molar-refractivity contribution in [3.05, 3.63) is 53.3 Å². The molecule has 0 unspecified atom stereocenters. The molecule has 0 atom stereocenters. The average molecular weight is 315 g/mol. The Hall–Kier alpha value is -2.80. The maximum absolute atomic E-state index is 13.1. The number of benzene rings is 2. The Balaban J connectivity index is 1.91. The van der Waals surface area contributed by atoms with E-state index in [1.54, 1.807) is 4.52 Å². The van der Waals surface area contributed by atoms with E-state index in [1.807, 2.05) is 24.3 Å². The van der Waals surface area contributed by atoms with Crippen LogP contribution in [0.15, 0.2) is 42.5 Å². The Kier molecular flexibility index (Phi) is 2.87. The average Bonchev–Trinajstić information content (AvgIpc) is 3.00. The molecule has 6 nitrogen and oxygen atoms in total. The van der Waals surface area contributed by atoms with Gasteiger partial charge in [0.25, 0.3) is 0 Å². The molecule has 0 fully saturated rings. The maximum atomic E-state index is 13.1. The summed E-state index contributed by atoms with van der Waals surface area (Å²) in [5.74, 6) is 0.0357. The summed E-state index contributed by atoms with van der Waals surface area (Å²) in [6.45, 7) is 0. The number of nitrogens with one attached hydrogen (secondary N) is 1. The molecule has 0 aliphatic heterocycles. The van der Waals surface area contributed by atoms with Crippen molar-refractivity contribution in [2.45, 2.75) is 0 Å². The van der Waals surface area contributed by atoms with E-state index in [2.05, 4.69) is 25.8 Å². The summed E-state index contributed by atoms with van der Waals surface area (Å²) >= 11 is 6.03. The molecule has 22 heavy (non-hydrogen) atoms. The second kappa shape index (κ2) is 4.88. The van der Waals surface area contributed by atoms with Crippen molar-refractivity contribution in [1.82, 2.24) is 25.0 Å². The number of halogens is 2. The maximum Gasteiger partial charge on any atom is 0.222 e. The van der Waals surface area contributed by atoms with Crippen LogP contribution in [0.5, 0.6) is 0 Å². The minimum absolute atomic E-state index is 0.251. The Bertz CT molecular complexity index is 999. The van der Waals surface area contributed by atoms with Crippen molar-refractivity contribution < 1.29 is 4.39 Å². The highest BCUT2D eigenvalue weighted by Gasteiger charge is 2.12. The second-order valence-electron chi connectivity index (χ2n) is 4.61. The van der Waals surface area contributed by atoms with Crippen LogP contribution in [-0.2, 0) is 0 Å². The number of fused-ring (bicyclic) bond motifs is 3. The fourth-order valence-corrected chi connectivity index (χ4v) is 2.42. The highest BCUT2D eigenvalue weighted by Crippen LogP contribution is 2.27. The first-order valence-corrected chi connectivity index (χ1v) is 6.79. The second-order valence-corrected chi connectivity index (χ2v) is 5.02. The number of hydrogen-bond donors (Lipinski definition) is 1. The van der Waals surface area contributed by atoms with Crippen molar-refractivity contribution in [2.24, 2.45) is 0 Å². The molecule has 0 bridgehead atoms. The molecule has 0 radical (unpaired) electrons. The third-order valence-electron chi connectivity index (χ3n) is 3.21. The van der Waals surface area contributed by atoms with Gasteiger partial charge in [0.1, 0.15) is 5.82 Å². The van der Waals surface area contributed by atoms with E-state index in [1.165, 1.54) is 18.2 Å². The normalized spacial score (nSPS) is 11.2. The lowest BCUT2D eigenvalue weighted by molar-refractivity contribution is 0.628. The third kappa shape index (κ3) is 2.03. The van der Waals surface area contributed by atoms with E-state index in [0.717, 1.165) is 11.0 Å². The molecular formula is C14H8ClFN6. The lowest BCUT2D eigenvalue weighted by atomic mass is 10.3. The number of nitrogens with zero attached hydrogens (tertiary/aromatic N) is 5. The van der Waals surface area contributed by atoms with E-state index in [-0.39, 0.29) is 5.02 Å². The van der Waals surface area contributed by atoms with Gasteiger partial charge in [-0.25, -0.2) is 9.37 Å². The Morgan fingerprint density at radius 1 is 1.14 bits per heavy atom. The molecule has 0 amide bonds. The minimum Gasteiger partial charge on any atom is -0.336 e. The largest absolute Gasteiger partial charge is 0.336 e. The molecule has 0 saturated carbocycles. The topological polar surface area (TPSA) is 68.0 Å². The van der Waals surface area contributed by atoms with Gasteiger partial charge in [-0.3, -0.25) is 0 Å². The smallest absolute Gasteiger partial charge is 0.222 e. The Labute approximate surface area is 128 Å². The zero-order chi connectivity index (χ0) is 15.1. The van der Waals surface area contributed by atoms with Crippen LogP contribution in [0.1, 0.15) is 0 Å². The van der Waals surface area contributed by atoms with E-state index in [9.17, 15) is 4.39 Å². The number of aromatic nitrogens is 5. The van der Waals surface area contributed by atoms with E-state index in [4.69, 9.17) is 11.6 Å². The summed E-state index contributed by atoms with van der Waals surface area (Å²) in [6, 6.07) is 11.6. The number of rotatable bonds is 2. The molecule has 4 aromatic rings. The van der Waals surface area contributed by atoms with Gasteiger partial charge in [0, 0.05) is 0 Å². The highest BCUT2D eigenvalue weighted by atomic mass is 35.5. The number of tetrazole rings is 1. The molecule has 2 aromatic heterocycles. The molecule has 0 aliphatic carbocycles. The lowest BCUT2D eigenvalue weighted by Crippen LogP contribution is -2.01. The number of hydrogen-bond acceptors (Lipinski definition) is 5. The Morgan fingerprint density at radius 3 is 2.86 bits per heavy atom. The van der Waals surface area contributed by atoms with Crippen LogP contribution < -0.4 is 5.32 Å². The van der Waals surface area contributed by atoms with Crippen LogP contribution in [0.4, 0.5) is 15.9 Å². The Morgan fingerprint density at radius 2 is 2.00 bits per heavy atom. The molecule has 108 valence electrons. The molecule has 1 N–H and O–H groups in total. The molecule has 0 aliphatic rings. The molecular weight excluding hydrogens is 307 g/mol. The van der Waals surface area contributed by atoms with Gasteiger partial charge in [-0.05, 0) is 40.8 Å². The van der Waals surface area contributed by atoms with Crippen molar-refractivity contribution in [3.63, 3.8) is 0 Å². The monoisotopic (exact) mass is 314 g/mol.